The Morgan fingerprint density at radius 3 is 2.33 bits per heavy atom. The van der Waals surface area contributed by atoms with Crippen molar-refractivity contribution in [3.63, 3.8) is 0 Å². The lowest BCUT2D eigenvalue weighted by Crippen LogP contribution is -2.57. The molecule has 210 valence electrons. The summed E-state index contributed by atoms with van der Waals surface area (Å²) in [5.74, 6) is -4.32. The number of nitriles is 1. The fraction of sp³-hybridized carbons (Fsp3) is 0.167. The van der Waals surface area contributed by atoms with Gasteiger partial charge in [-0.3, -0.25) is 24.6 Å². The van der Waals surface area contributed by atoms with Crippen LogP contribution < -0.4 is 5.32 Å². The lowest BCUT2D eigenvalue weighted by molar-refractivity contribution is -0.151. The Kier molecular flexibility index (Phi) is 6.30. The van der Waals surface area contributed by atoms with Crippen LogP contribution in [-0.2, 0) is 27.3 Å². The van der Waals surface area contributed by atoms with Crippen molar-refractivity contribution in [2.45, 2.75) is 24.5 Å². The minimum Gasteiger partial charge on any atom is -0.480 e. The van der Waals surface area contributed by atoms with Crippen LogP contribution in [0.4, 0.5) is 0 Å². The number of hydrogen-bond acceptors (Lipinski definition) is 5. The number of carboxylic acids is 1. The van der Waals surface area contributed by atoms with E-state index in [4.69, 9.17) is 0 Å². The van der Waals surface area contributed by atoms with Crippen LogP contribution in [0.3, 0.4) is 0 Å². The highest BCUT2D eigenvalue weighted by Crippen LogP contribution is 2.51. The van der Waals surface area contributed by atoms with E-state index < -0.39 is 41.2 Å². The monoisotopic (exact) mass is 565 g/mol. The smallest absolute Gasteiger partial charge is 0.325 e. The largest absolute Gasteiger partial charge is 0.480 e. The van der Waals surface area contributed by atoms with Crippen LogP contribution >= 0.6 is 0 Å². The van der Waals surface area contributed by atoms with Crippen LogP contribution in [0.5, 0.6) is 0 Å². The highest BCUT2D eigenvalue weighted by Gasteiger charge is 2.68. The molecule has 0 bridgehead atoms. The molecule has 0 aliphatic carbocycles. The van der Waals surface area contributed by atoms with E-state index in [2.05, 4.69) is 11.4 Å². The van der Waals surface area contributed by atoms with Crippen LogP contribution in [-0.4, -0.2) is 33.3 Å². The normalized spacial score (nSPS) is 23.0. The van der Waals surface area contributed by atoms with Gasteiger partial charge >= 0.3 is 5.97 Å². The second-order valence-electron chi connectivity index (χ2n) is 11.4. The number of carbonyl (C=O) groups excluding carboxylic acids is 2. The zero-order valence-corrected chi connectivity index (χ0v) is 23.1. The van der Waals surface area contributed by atoms with Gasteiger partial charge in [0.25, 0.3) is 0 Å². The summed E-state index contributed by atoms with van der Waals surface area (Å²) >= 11 is 0. The van der Waals surface area contributed by atoms with E-state index >= 15 is 0 Å². The summed E-state index contributed by atoms with van der Waals surface area (Å²) in [6.07, 6.45) is -0.0132. The molecule has 7 nitrogen and oxygen atoms in total. The molecule has 7 heteroatoms. The maximum Gasteiger partial charge on any atom is 0.325 e. The third-order valence-corrected chi connectivity index (χ3v) is 9.05. The SMILES string of the molecule is N#Cc1ccccc1C1NC(Cc2ccc3ccccc3c2)(C(=O)O)C2C(=O)N(Cc3cccc4ccccc34)C(=O)C12. The molecule has 2 fully saturated rings. The number of amides is 2. The highest BCUT2D eigenvalue weighted by atomic mass is 16.4. The first kappa shape index (κ1) is 26.6. The fourth-order valence-corrected chi connectivity index (χ4v) is 7.06. The summed E-state index contributed by atoms with van der Waals surface area (Å²) in [5, 5.41) is 27.9. The summed E-state index contributed by atoms with van der Waals surface area (Å²) in [5.41, 5.74) is 0.598. The van der Waals surface area contributed by atoms with Gasteiger partial charge in [0, 0.05) is 12.5 Å². The van der Waals surface area contributed by atoms with Gasteiger partial charge in [-0.15, -0.1) is 0 Å². The second kappa shape index (κ2) is 10.2. The number of nitrogens with one attached hydrogen (secondary N) is 1. The molecule has 2 saturated heterocycles. The summed E-state index contributed by atoms with van der Waals surface area (Å²) in [4.78, 5) is 43.1. The molecule has 0 saturated carbocycles. The van der Waals surface area contributed by atoms with Gasteiger partial charge in [0.2, 0.25) is 11.8 Å². The average molecular weight is 566 g/mol. The van der Waals surface area contributed by atoms with Crippen molar-refractivity contribution in [1.29, 1.82) is 5.26 Å². The van der Waals surface area contributed by atoms with Gasteiger partial charge in [-0.2, -0.15) is 5.26 Å². The van der Waals surface area contributed by atoms with Crippen LogP contribution in [0, 0.1) is 23.2 Å². The Bertz CT molecular complexity index is 1990. The molecule has 4 unspecified atom stereocenters. The number of likely N-dealkylation sites (tertiary alicyclic amines) is 1. The lowest BCUT2D eigenvalue weighted by atomic mass is 9.76. The van der Waals surface area contributed by atoms with Crippen molar-refractivity contribution < 1.29 is 19.5 Å². The van der Waals surface area contributed by atoms with Crippen molar-refractivity contribution in [3.8, 4) is 6.07 Å². The number of benzene rings is 5. The van der Waals surface area contributed by atoms with Gasteiger partial charge in [0.05, 0.1) is 30.0 Å². The molecule has 5 aromatic rings. The number of rotatable bonds is 6. The predicted octanol–water partition coefficient (Wildman–Crippen LogP) is 5.38. The van der Waals surface area contributed by atoms with Crippen LogP contribution in [0.2, 0.25) is 0 Å². The van der Waals surface area contributed by atoms with E-state index in [0.717, 1.165) is 32.7 Å². The van der Waals surface area contributed by atoms with Crippen molar-refractivity contribution in [2.24, 2.45) is 11.8 Å². The van der Waals surface area contributed by atoms with Crippen molar-refractivity contribution in [3.05, 3.63) is 131 Å². The zero-order chi connectivity index (χ0) is 29.7. The minimum atomic E-state index is -1.78. The van der Waals surface area contributed by atoms with E-state index in [1.54, 1.807) is 24.3 Å². The Morgan fingerprint density at radius 2 is 1.53 bits per heavy atom. The molecular weight excluding hydrogens is 538 g/mol. The van der Waals surface area contributed by atoms with Gasteiger partial charge in [-0.25, -0.2) is 0 Å². The lowest BCUT2D eigenvalue weighted by Gasteiger charge is -2.31. The molecule has 2 amide bonds. The topological polar surface area (TPSA) is 110 Å². The van der Waals surface area contributed by atoms with Crippen LogP contribution in [0.15, 0.2) is 109 Å². The maximum absolute atomic E-state index is 14.3. The number of carboxylic acid groups (broad SMARTS) is 1. The summed E-state index contributed by atoms with van der Waals surface area (Å²) in [7, 11) is 0. The van der Waals surface area contributed by atoms with E-state index in [-0.39, 0.29) is 13.0 Å². The van der Waals surface area contributed by atoms with Gasteiger partial charge in [-0.05, 0) is 44.3 Å². The molecule has 0 spiro atoms. The molecule has 7 rings (SSSR count). The second-order valence-corrected chi connectivity index (χ2v) is 11.4. The Morgan fingerprint density at radius 1 is 0.837 bits per heavy atom. The van der Waals surface area contributed by atoms with E-state index in [0.29, 0.717) is 11.1 Å². The zero-order valence-electron chi connectivity index (χ0n) is 23.1. The van der Waals surface area contributed by atoms with Gasteiger partial charge in [0.15, 0.2) is 0 Å². The molecule has 0 aromatic heterocycles. The van der Waals surface area contributed by atoms with E-state index in [9.17, 15) is 24.8 Å². The molecule has 2 heterocycles. The predicted molar refractivity (Wildman–Crippen MR) is 162 cm³/mol. The quantitative estimate of drug-likeness (QED) is 0.268. The summed E-state index contributed by atoms with van der Waals surface area (Å²) in [6, 6.07) is 35.2. The molecule has 4 atom stereocenters. The number of imide groups is 1. The molecule has 2 N–H and O–H groups in total. The molecule has 43 heavy (non-hydrogen) atoms. The van der Waals surface area contributed by atoms with Gasteiger partial charge in [0.1, 0.15) is 5.54 Å². The Hall–Kier alpha value is -5.32. The first-order valence-electron chi connectivity index (χ1n) is 14.2. The van der Waals surface area contributed by atoms with Crippen LogP contribution in [0.1, 0.15) is 28.3 Å². The highest BCUT2D eigenvalue weighted by molar-refractivity contribution is 6.09. The maximum atomic E-state index is 14.3. The third-order valence-electron chi connectivity index (χ3n) is 9.05. The van der Waals surface area contributed by atoms with Crippen molar-refractivity contribution >= 4 is 39.3 Å². The number of aliphatic carboxylic acids is 1. The first-order valence-corrected chi connectivity index (χ1v) is 14.2. The Labute approximate surface area is 248 Å². The standard InChI is InChI=1S/C36H27N3O4/c37-20-26-11-4-6-15-29(26)32-30-31(34(41)39(33(30)40)21-27-13-7-12-24-9-3-5-14-28(24)27)36(38-32,35(42)43)19-22-16-17-23-8-1-2-10-25(23)18-22/h1-18,30-32,38H,19,21H2,(H,42,43). The summed E-state index contributed by atoms with van der Waals surface area (Å²) in [6.45, 7) is 0.0321. The van der Waals surface area contributed by atoms with Gasteiger partial charge in [-0.1, -0.05) is 103 Å². The number of fused-ring (bicyclic) bond motifs is 3. The van der Waals surface area contributed by atoms with Crippen molar-refractivity contribution in [2.75, 3.05) is 0 Å². The van der Waals surface area contributed by atoms with Crippen LogP contribution in [0.25, 0.3) is 21.5 Å². The Balaban J connectivity index is 1.35. The molecular formula is C36H27N3O4. The number of hydrogen-bond donors (Lipinski definition) is 2. The molecule has 0 radical (unpaired) electrons. The van der Waals surface area contributed by atoms with Crippen molar-refractivity contribution in [1.82, 2.24) is 10.2 Å². The van der Waals surface area contributed by atoms with E-state index in [1.807, 2.05) is 84.9 Å². The number of nitrogens with zero attached hydrogens (tertiary/aromatic N) is 2. The van der Waals surface area contributed by atoms with Gasteiger partial charge < -0.3 is 5.11 Å². The molecule has 5 aromatic carbocycles. The first-order chi connectivity index (χ1) is 20.9. The minimum absolute atomic E-state index is 0.0132. The van der Waals surface area contributed by atoms with E-state index in [1.165, 1.54) is 4.90 Å². The average Bonchev–Trinajstić information content (AvgIpc) is 3.50. The summed E-state index contributed by atoms with van der Waals surface area (Å²) < 4.78 is 0. The number of carbonyl (C=O) groups is 3. The molecule has 2 aliphatic heterocycles. The third kappa shape index (κ3) is 4.18. The molecule has 2 aliphatic rings. The fourth-order valence-electron chi connectivity index (χ4n) is 7.06.